The second-order valence-corrected chi connectivity index (χ2v) is 8.80. The van der Waals surface area contributed by atoms with Crippen molar-refractivity contribution >= 4 is 11.6 Å². The molecule has 5 rings (SSSR count). The summed E-state index contributed by atoms with van der Waals surface area (Å²) >= 11 is 0. The minimum atomic E-state index is -0.131. The largest absolute Gasteiger partial charge is 0.369 e. The lowest BCUT2D eigenvalue weighted by Crippen LogP contribution is -2.38. The average molecular weight is 412 g/mol. The number of nitrogens with zero attached hydrogens (tertiary/aromatic N) is 4. The average Bonchev–Trinajstić information content (AvgIpc) is 3.29. The van der Waals surface area contributed by atoms with Crippen molar-refractivity contribution in [3.63, 3.8) is 0 Å². The summed E-state index contributed by atoms with van der Waals surface area (Å²) in [6.45, 7) is 5.88. The van der Waals surface area contributed by atoms with E-state index in [-0.39, 0.29) is 11.4 Å². The number of piperidine rings is 1. The third kappa shape index (κ3) is 3.95. The van der Waals surface area contributed by atoms with Gasteiger partial charge >= 0.3 is 0 Å². The van der Waals surface area contributed by atoms with Crippen molar-refractivity contribution in [2.75, 3.05) is 42.5 Å². The molecule has 0 atom stereocenters. The zero-order valence-electron chi connectivity index (χ0n) is 17.5. The molecule has 7 heteroatoms. The first kappa shape index (κ1) is 19.5. The molecule has 0 spiro atoms. The van der Waals surface area contributed by atoms with Crippen LogP contribution in [0, 0.1) is 5.82 Å². The van der Waals surface area contributed by atoms with E-state index in [1.165, 1.54) is 6.42 Å². The summed E-state index contributed by atoms with van der Waals surface area (Å²) in [6.07, 6.45) is 6.50. The minimum absolute atomic E-state index is 0.00114. The highest BCUT2D eigenvalue weighted by molar-refractivity contribution is 5.50. The standard InChI is InChI=1S/C23H30FN5O/c24-19-14-17(6-7-21(19)28-9-4-5-10-28)15-27-13-8-18-20(16-27)25-23(26-22(18)30)29-11-2-1-3-12-29/h6-7,14H,1-5,8-13,15-16H2,(H,25,26,30). The van der Waals surface area contributed by atoms with Crippen molar-refractivity contribution in [2.24, 2.45) is 0 Å². The van der Waals surface area contributed by atoms with Crippen LogP contribution in [0.5, 0.6) is 0 Å². The van der Waals surface area contributed by atoms with Gasteiger partial charge in [-0.2, -0.15) is 0 Å². The summed E-state index contributed by atoms with van der Waals surface area (Å²) in [5.41, 5.74) is 3.38. The number of nitrogens with one attached hydrogen (secondary N) is 1. The molecule has 0 unspecified atom stereocenters. The molecule has 0 aliphatic carbocycles. The molecule has 2 saturated heterocycles. The number of H-pyrrole nitrogens is 1. The summed E-state index contributed by atoms with van der Waals surface area (Å²) in [4.78, 5) is 27.0. The van der Waals surface area contributed by atoms with E-state index >= 15 is 0 Å². The van der Waals surface area contributed by atoms with Crippen LogP contribution in [0.3, 0.4) is 0 Å². The molecule has 3 aliphatic rings. The second-order valence-electron chi connectivity index (χ2n) is 8.80. The zero-order valence-corrected chi connectivity index (χ0v) is 17.5. The Morgan fingerprint density at radius 2 is 1.70 bits per heavy atom. The Morgan fingerprint density at radius 1 is 0.967 bits per heavy atom. The lowest BCUT2D eigenvalue weighted by Gasteiger charge is -2.31. The number of hydrogen-bond acceptors (Lipinski definition) is 5. The van der Waals surface area contributed by atoms with Crippen LogP contribution < -0.4 is 15.4 Å². The number of hydrogen-bond donors (Lipinski definition) is 1. The van der Waals surface area contributed by atoms with Crippen LogP contribution in [0.1, 0.15) is 48.9 Å². The molecule has 0 radical (unpaired) electrons. The maximum Gasteiger partial charge on any atom is 0.255 e. The van der Waals surface area contributed by atoms with Gasteiger partial charge in [0, 0.05) is 51.4 Å². The summed E-state index contributed by atoms with van der Waals surface area (Å²) in [5, 5.41) is 0. The predicted octanol–water partition coefficient (Wildman–Crippen LogP) is 3.06. The van der Waals surface area contributed by atoms with Gasteiger partial charge in [0.05, 0.1) is 11.4 Å². The van der Waals surface area contributed by atoms with Crippen molar-refractivity contribution in [3.05, 3.63) is 51.2 Å². The normalized spacial score (nSPS) is 19.9. The van der Waals surface area contributed by atoms with Crippen molar-refractivity contribution < 1.29 is 4.39 Å². The van der Waals surface area contributed by atoms with Crippen LogP contribution in [-0.4, -0.2) is 47.6 Å². The number of halogens is 1. The van der Waals surface area contributed by atoms with Crippen molar-refractivity contribution in [1.82, 2.24) is 14.9 Å². The number of aromatic nitrogens is 2. The van der Waals surface area contributed by atoms with E-state index < -0.39 is 0 Å². The van der Waals surface area contributed by atoms with Gasteiger partial charge in [0.15, 0.2) is 0 Å². The lowest BCUT2D eigenvalue weighted by atomic mass is 10.1. The smallest absolute Gasteiger partial charge is 0.255 e. The van der Waals surface area contributed by atoms with E-state index in [1.54, 1.807) is 6.07 Å². The Bertz CT molecular complexity index is 963. The van der Waals surface area contributed by atoms with Crippen LogP contribution >= 0.6 is 0 Å². The monoisotopic (exact) mass is 411 g/mol. The summed E-state index contributed by atoms with van der Waals surface area (Å²) in [6, 6.07) is 5.63. The molecule has 30 heavy (non-hydrogen) atoms. The predicted molar refractivity (Wildman–Crippen MR) is 117 cm³/mol. The Kier molecular flexibility index (Phi) is 5.46. The molecular weight excluding hydrogens is 381 g/mol. The fourth-order valence-electron chi connectivity index (χ4n) is 4.99. The molecule has 1 aromatic carbocycles. The quantitative estimate of drug-likeness (QED) is 0.838. The van der Waals surface area contributed by atoms with Crippen LogP contribution in [0.2, 0.25) is 0 Å². The molecule has 2 aromatic rings. The Labute approximate surface area is 176 Å². The molecule has 0 bridgehead atoms. The molecule has 1 N–H and O–H groups in total. The number of fused-ring (bicyclic) bond motifs is 1. The molecule has 1 aromatic heterocycles. The molecule has 4 heterocycles. The Morgan fingerprint density at radius 3 is 2.47 bits per heavy atom. The van der Waals surface area contributed by atoms with Gasteiger partial charge in [-0.3, -0.25) is 14.7 Å². The molecule has 3 aliphatic heterocycles. The van der Waals surface area contributed by atoms with Crippen LogP contribution in [-0.2, 0) is 19.5 Å². The topological polar surface area (TPSA) is 55.5 Å². The van der Waals surface area contributed by atoms with E-state index in [0.717, 1.165) is 80.9 Å². The minimum Gasteiger partial charge on any atom is -0.369 e. The third-order valence-electron chi connectivity index (χ3n) is 6.66. The fourth-order valence-corrected chi connectivity index (χ4v) is 4.99. The number of aromatic amines is 1. The van der Waals surface area contributed by atoms with Gasteiger partial charge in [0.25, 0.3) is 5.56 Å². The first-order valence-corrected chi connectivity index (χ1v) is 11.3. The van der Waals surface area contributed by atoms with E-state index in [0.29, 0.717) is 25.5 Å². The van der Waals surface area contributed by atoms with Gasteiger partial charge in [0.1, 0.15) is 5.82 Å². The fraction of sp³-hybridized carbons (Fsp3) is 0.565. The van der Waals surface area contributed by atoms with E-state index in [9.17, 15) is 9.18 Å². The van der Waals surface area contributed by atoms with Crippen molar-refractivity contribution in [2.45, 2.75) is 51.6 Å². The Hall–Kier alpha value is -2.41. The Balaban J connectivity index is 1.31. The van der Waals surface area contributed by atoms with Gasteiger partial charge in [0.2, 0.25) is 5.95 Å². The summed E-state index contributed by atoms with van der Waals surface area (Å²) in [7, 11) is 0. The zero-order chi connectivity index (χ0) is 20.5. The summed E-state index contributed by atoms with van der Waals surface area (Å²) < 4.78 is 14.7. The van der Waals surface area contributed by atoms with E-state index in [2.05, 4.69) is 19.7 Å². The van der Waals surface area contributed by atoms with Gasteiger partial charge < -0.3 is 9.80 Å². The van der Waals surface area contributed by atoms with Gasteiger partial charge in [-0.1, -0.05) is 6.07 Å². The molecule has 0 amide bonds. The van der Waals surface area contributed by atoms with Crippen LogP contribution in [0.15, 0.2) is 23.0 Å². The highest BCUT2D eigenvalue weighted by Gasteiger charge is 2.24. The molecular formula is C23H30FN5O. The van der Waals surface area contributed by atoms with Gasteiger partial charge in [-0.15, -0.1) is 0 Å². The van der Waals surface area contributed by atoms with E-state index in [4.69, 9.17) is 4.98 Å². The van der Waals surface area contributed by atoms with Crippen molar-refractivity contribution in [3.8, 4) is 0 Å². The number of anilines is 2. The number of rotatable bonds is 4. The first-order valence-electron chi connectivity index (χ1n) is 11.3. The second kappa shape index (κ2) is 8.38. The molecule has 6 nitrogen and oxygen atoms in total. The first-order chi connectivity index (χ1) is 14.7. The van der Waals surface area contributed by atoms with Crippen LogP contribution in [0.25, 0.3) is 0 Å². The van der Waals surface area contributed by atoms with Gasteiger partial charge in [-0.25, -0.2) is 9.37 Å². The summed E-state index contributed by atoms with van der Waals surface area (Å²) in [5.74, 6) is 0.579. The van der Waals surface area contributed by atoms with Gasteiger partial charge in [-0.05, 0) is 56.2 Å². The van der Waals surface area contributed by atoms with Crippen LogP contribution in [0.4, 0.5) is 16.0 Å². The molecule has 160 valence electrons. The molecule has 0 saturated carbocycles. The highest BCUT2D eigenvalue weighted by Crippen LogP contribution is 2.26. The lowest BCUT2D eigenvalue weighted by molar-refractivity contribution is 0.240. The SMILES string of the molecule is O=c1[nH]c(N2CCCCC2)nc2c1CCN(Cc1ccc(N3CCCC3)c(F)c1)C2. The van der Waals surface area contributed by atoms with Crippen molar-refractivity contribution in [1.29, 1.82) is 0 Å². The molecule has 2 fully saturated rings. The highest BCUT2D eigenvalue weighted by atomic mass is 19.1. The maximum atomic E-state index is 14.7. The number of benzene rings is 1. The third-order valence-corrected chi connectivity index (χ3v) is 6.66. The van der Waals surface area contributed by atoms with E-state index in [1.807, 2.05) is 12.1 Å². The maximum absolute atomic E-state index is 14.7.